The molecule has 0 aromatic rings. The monoisotopic (exact) mass is 263 g/mol. The summed E-state index contributed by atoms with van der Waals surface area (Å²) >= 11 is 7.64. The van der Waals surface area contributed by atoms with E-state index in [2.05, 4.69) is 43.5 Å². The zero-order valence-electron chi connectivity index (χ0n) is 6.54. The summed E-state index contributed by atoms with van der Waals surface area (Å²) in [5.41, 5.74) is 0. The Morgan fingerprint density at radius 2 is 1.45 bits per heavy atom. The zero-order chi connectivity index (χ0) is 8.36. The zero-order valence-corrected chi connectivity index (χ0v) is 8.85. The first-order valence-electron chi connectivity index (χ1n) is 3.81. The van der Waals surface area contributed by atoms with E-state index in [-0.39, 0.29) is 0 Å². The third kappa shape index (κ3) is 10.4. The number of hydrogen-bond donors (Lipinski definition) is 0. The van der Waals surface area contributed by atoms with Crippen LogP contribution in [0.1, 0.15) is 25.7 Å². The number of allylic oxidation sites excluding steroid dienone is 4. The van der Waals surface area contributed by atoms with Crippen LogP contribution in [0.5, 0.6) is 0 Å². The summed E-state index contributed by atoms with van der Waals surface area (Å²) in [6.07, 6.45) is 14.0. The normalized spacial score (nSPS) is 22.1. The molecular weight excluding hydrogens is 250 g/mol. The molecule has 0 amide bonds. The Bertz CT molecular complexity index is 105. The molecule has 1 aliphatic rings. The molecule has 0 heterocycles. The van der Waals surface area contributed by atoms with Crippen LogP contribution in [-0.4, -0.2) is 4.35 Å². The van der Waals surface area contributed by atoms with Gasteiger partial charge in [-0.05, 0) is 25.7 Å². The van der Waals surface area contributed by atoms with Crippen molar-refractivity contribution < 1.29 is 19.2 Å². The molecule has 0 atom stereocenters. The maximum absolute atomic E-state index is 4.93. The van der Waals surface area contributed by atoms with Crippen LogP contribution in [0.2, 0.25) is 0 Å². The summed E-state index contributed by atoms with van der Waals surface area (Å²) < 4.78 is 0.572. The van der Waals surface area contributed by atoms with Crippen molar-refractivity contribution in [2.75, 3.05) is 4.35 Å². The number of alkyl halides is 1. The van der Waals surface area contributed by atoms with Gasteiger partial charge in [0.2, 0.25) is 0 Å². The minimum absolute atomic E-state index is 0.572. The first kappa shape index (κ1) is 11.4. The Labute approximate surface area is 85.1 Å². The van der Waals surface area contributed by atoms with Gasteiger partial charge in [-0.2, -0.15) is 0 Å². The van der Waals surface area contributed by atoms with Crippen molar-refractivity contribution in [2.45, 2.75) is 25.7 Å². The van der Waals surface area contributed by atoms with Gasteiger partial charge in [-0.1, -0.05) is 24.3 Å². The van der Waals surface area contributed by atoms with Crippen molar-refractivity contribution in [2.24, 2.45) is 0 Å². The molecule has 0 aromatic heterocycles. The molecule has 2 heteroatoms. The van der Waals surface area contributed by atoms with Crippen LogP contribution in [0, 0.1) is 0 Å². The van der Waals surface area contributed by atoms with Gasteiger partial charge in [0.05, 0.1) is 0 Å². The molecular formula is C9H14ClPd. The summed E-state index contributed by atoms with van der Waals surface area (Å²) in [7, 11) is 0. The number of rotatable bonds is 0. The average molecular weight is 264 g/mol. The molecule has 67 valence electrons. The molecule has 0 saturated heterocycles. The van der Waals surface area contributed by atoms with Gasteiger partial charge in [-0.25, -0.2) is 0 Å². The summed E-state index contributed by atoms with van der Waals surface area (Å²) in [5, 5.41) is 0. The molecule has 0 unspecified atom stereocenters. The molecule has 1 rings (SSSR count). The van der Waals surface area contributed by atoms with Crippen LogP contribution in [0.4, 0.5) is 0 Å². The fourth-order valence-corrected chi connectivity index (χ4v) is 0.874. The molecule has 1 aliphatic carbocycles. The standard InChI is InChI=1S/C8H12.CH2Cl.Pd/c1-2-4-6-8-7-5-3-1;1-2;/h1-4H,5-8H2;1H2;/b3-1-,4-2-;;. The molecule has 0 radical (unpaired) electrons. The summed E-state index contributed by atoms with van der Waals surface area (Å²) in [4.78, 5) is 0. The molecule has 0 aromatic carbocycles. The van der Waals surface area contributed by atoms with E-state index >= 15 is 0 Å². The molecule has 0 bridgehead atoms. The van der Waals surface area contributed by atoms with Crippen LogP contribution in [-0.2, 0) is 19.2 Å². The fourth-order valence-electron chi connectivity index (χ4n) is 0.874. The van der Waals surface area contributed by atoms with Gasteiger partial charge >= 0.3 is 35.2 Å². The van der Waals surface area contributed by atoms with Crippen LogP contribution >= 0.6 is 11.6 Å². The molecule has 0 N–H and O–H groups in total. The Kier molecular flexibility index (Phi) is 10.8. The van der Waals surface area contributed by atoms with Crippen molar-refractivity contribution in [3.63, 3.8) is 0 Å². The fraction of sp³-hybridized carbons (Fsp3) is 0.556. The van der Waals surface area contributed by atoms with E-state index in [1.165, 1.54) is 25.7 Å². The second-order valence-corrected chi connectivity index (χ2v) is 3.64. The van der Waals surface area contributed by atoms with Gasteiger partial charge in [-0.15, -0.1) is 0 Å². The Morgan fingerprint density at radius 3 is 1.82 bits per heavy atom. The van der Waals surface area contributed by atoms with E-state index < -0.39 is 0 Å². The van der Waals surface area contributed by atoms with E-state index in [0.29, 0.717) is 4.35 Å². The SMILES string of the molecule is C1=C\CCCC\C=C/1.Cl[CH2][Pd]. The second kappa shape index (κ2) is 10.4. The van der Waals surface area contributed by atoms with Crippen molar-refractivity contribution in [3.8, 4) is 0 Å². The Morgan fingerprint density at radius 1 is 1.09 bits per heavy atom. The maximum atomic E-state index is 4.93. The molecule has 0 aliphatic heterocycles. The summed E-state index contributed by atoms with van der Waals surface area (Å²) in [6.45, 7) is 0. The Balaban J connectivity index is 0.000000292. The van der Waals surface area contributed by atoms with E-state index in [1.54, 1.807) is 0 Å². The first-order valence-corrected chi connectivity index (χ1v) is 5.44. The van der Waals surface area contributed by atoms with E-state index in [0.717, 1.165) is 0 Å². The molecule has 0 spiro atoms. The van der Waals surface area contributed by atoms with Crippen molar-refractivity contribution in [3.05, 3.63) is 24.3 Å². The van der Waals surface area contributed by atoms with Gasteiger partial charge in [0.15, 0.2) is 0 Å². The van der Waals surface area contributed by atoms with Gasteiger partial charge in [0, 0.05) is 0 Å². The van der Waals surface area contributed by atoms with Crippen LogP contribution in [0.3, 0.4) is 0 Å². The van der Waals surface area contributed by atoms with Gasteiger partial charge in [0.25, 0.3) is 0 Å². The van der Waals surface area contributed by atoms with Crippen molar-refractivity contribution in [1.29, 1.82) is 0 Å². The summed E-state index contributed by atoms with van der Waals surface area (Å²) in [6, 6.07) is 0. The van der Waals surface area contributed by atoms with Crippen LogP contribution in [0.15, 0.2) is 24.3 Å². The Hall–Kier alpha value is 0.432. The van der Waals surface area contributed by atoms with Gasteiger partial charge < -0.3 is 0 Å². The van der Waals surface area contributed by atoms with E-state index in [9.17, 15) is 0 Å². The molecule has 11 heavy (non-hydrogen) atoms. The number of halogens is 1. The van der Waals surface area contributed by atoms with Crippen LogP contribution in [0.25, 0.3) is 0 Å². The third-order valence-corrected chi connectivity index (χ3v) is 1.37. The molecule has 0 nitrogen and oxygen atoms in total. The predicted molar refractivity (Wildman–Crippen MR) is 47.5 cm³/mol. The van der Waals surface area contributed by atoms with Crippen molar-refractivity contribution in [1.82, 2.24) is 0 Å². The topological polar surface area (TPSA) is 0 Å². The molecule has 0 fully saturated rings. The van der Waals surface area contributed by atoms with Crippen LogP contribution < -0.4 is 0 Å². The second-order valence-electron chi connectivity index (χ2n) is 2.23. The van der Waals surface area contributed by atoms with E-state index in [1.807, 2.05) is 0 Å². The third-order valence-electron chi connectivity index (χ3n) is 1.37. The number of hydrogen-bond acceptors (Lipinski definition) is 0. The van der Waals surface area contributed by atoms with Gasteiger partial charge in [0.1, 0.15) is 0 Å². The van der Waals surface area contributed by atoms with Crippen molar-refractivity contribution >= 4 is 11.6 Å². The molecule has 0 saturated carbocycles. The summed E-state index contributed by atoms with van der Waals surface area (Å²) in [5.74, 6) is 0. The quantitative estimate of drug-likeness (QED) is 0.464. The van der Waals surface area contributed by atoms with Gasteiger partial charge in [-0.3, -0.25) is 0 Å². The minimum atomic E-state index is 0.572. The average Bonchev–Trinajstić information content (AvgIpc) is 1.86. The predicted octanol–water partition coefficient (Wildman–Crippen LogP) is 3.40. The van der Waals surface area contributed by atoms with E-state index in [4.69, 9.17) is 11.6 Å². The first-order chi connectivity index (χ1) is 5.41.